The fourth-order valence-corrected chi connectivity index (χ4v) is 2.16. The van der Waals surface area contributed by atoms with Crippen molar-refractivity contribution in [1.29, 1.82) is 0 Å². The van der Waals surface area contributed by atoms with Crippen LogP contribution in [-0.2, 0) is 11.3 Å². The van der Waals surface area contributed by atoms with Gasteiger partial charge in [-0.15, -0.1) is 0 Å². The van der Waals surface area contributed by atoms with E-state index in [1.165, 1.54) is 6.26 Å². The summed E-state index contributed by atoms with van der Waals surface area (Å²) in [5.41, 5.74) is 6.04. The van der Waals surface area contributed by atoms with E-state index in [4.69, 9.17) is 14.9 Å². The molecule has 1 aromatic heterocycles. The molecular formula is C14H22N2O3. The lowest BCUT2D eigenvalue weighted by Gasteiger charge is -2.16. The van der Waals surface area contributed by atoms with Crippen LogP contribution in [0.25, 0.3) is 0 Å². The third-order valence-electron chi connectivity index (χ3n) is 3.20. The highest BCUT2D eigenvalue weighted by atomic mass is 16.5. The smallest absolute Gasteiger partial charge is 0.257 e. The van der Waals surface area contributed by atoms with Crippen LogP contribution in [0.15, 0.2) is 16.7 Å². The zero-order valence-corrected chi connectivity index (χ0v) is 11.6. The quantitative estimate of drug-likeness (QED) is 0.879. The Hall–Kier alpha value is -1.33. The molecule has 0 spiro atoms. The molecule has 0 saturated carbocycles. The second kappa shape index (κ2) is 6.21. The van der Waals surface area contributed by atoms with Gasteiger partial charge in [0.05, 0.1) is 18.2 Å². The van der Waals surface area contributed by atoms with Crippen molar-refractivity contribution in [2.45, 2.75) is 32.9 Å². The minimum atomic E-state index is -0.000836. The second-order valence-electron chi connectivity index (χ2n) is 5.39. The maximum atomic E-state index is 12.2. The molecule has 1 fully saturated rings. The lowest BCUT2D eigenvalue weighted by atomic mass is 10.2. The van der Waals surface area contributed by atoms with E-state index in [0.717, 1.165) is 19.6 Å². The molecule has 2 N–H and O–H groups in total. The van der Waals surface area contributed by atoms with Crippen LogP contribution in [0.4, 0.5) is 0 Å². The molecule has 19 heavy (non-hydrogen) atoms. The third-order valence-corrected chi connectivity index (χ3v) is 3.20. The molecule has 0 bridgehead atoms. The predicted molar refractivity (Wildman–Crippen MR) is 71.7 cm³/mol. The van der Waals surface area contributed by atoms with Gasteiger partial charge in [-0.2, -0.15) is 0 Å². The zero-order chi connectivity index (χ0) is 13.8. The highest BCUT2D eigenvalue weighted by Gasteiger charge is 2.28. The molecule has 1 saturated heterocycles. The molecule has 106 valence electrons. The summed E-state index contributed by atoms with van der Waals surface area (Å²) in [6.45, 7) is 6.71. The number of rotatable bonds is 5. The molecule has 5 heteroatoms. The molecule has 1 atom stereocenters. The van der Waals surface area contributed by atoms with Crippen LogP contribution < -0.4 is 5.73 Å². The van der Waals surface area contributed by atoms with E-state index in [-0.39, 0.29) is 12.0 Å². The van der Waals surface area contributed by atoms with Crippen LogP contribution in [0, 0.1) is 5.92 Å². The lowest BCUT2D eigenvalue weighted by molar-refractivity contribution is 0.0396. The lowest BCUT2D eigenvalue weighted by Crippen LogP contribution is -2.30. The Kier molecular flexibility index (Phi) is 4.61. The number of likely N-dealkylation sites (tertiary alicyclic amines) is 1. The summed E-state index contributed by atoms with van der Waals surface area (Å²) in [4.78, 5) is 14.0. The summed E-state index contributed by atoms with van der Waals surface area (Å²) in [6, 6.07) is 1.71. The Balaban J connectivity index is 1.87. The van der Waals surface area contributed by atoms with Crippen LogP contribution in [0.5, 0.6) is 0 Å². The summed E-state index contributed by atoms with van der Waals surface area (Å²) in [7, 11) is 0. The van der Waals surface area contributed by atoms with E-state index in [1.807, 2.05) is 4.90 Å². The van der Waals surface area contributed by atoms with Gasteiger partial charge in [0.1, 0.15) is 12.0 Å². The monoisotopic (exact) mass is 266 g/mol. The minimum absolute atomic E-state index is 0.000836. The Bertz CT molecular complexity index is 428. The molecule has 1 aliphatic rings. The standard InChI is InChI=1S/C14H22N2O3/c1-10(2)8-18-12-3-4-16(7-12)14(17)11-5-13(6-15)19-9-11/h5,9-10,12H,3-4,6-8,15H2,1-2H3. The van der Waals surface area contributed by atoms with Crippen molar-refractivity contribution in [1.82, 2.24) is 4.90 Å². The van der Waals surface area contributed by atoms with E-state index in [0.29, 0.717) is 30.3 Å². The normalized spacial score (nSPS) is 19.4. The average molecular weight is 266 g/mol. The van der Waals surface area contributed by atoms with Gasteiger partial charge in [0.2, 0.25) is 0 Å². The van der Waals surface area contributed by atoms with E-state index in [2.05, 4.69) is 13.8 Å². The first-order chi connectivity index (χ1) is 9.10. The summed E-state index contributed by atoms with van der Waals surface area (Å²) in [6.07, 6.45) is 2.54. The molecule has 1 aliphatic heterocycles. The summed E-state index contributed by atoms with van der Waals surface area (Å²) >= 11 is 0. The topological polar surface area (TPSA) is 68.7 Å². The van der Waals surface area contributed by atoms with Crippen LogP contribution in [0.1, 0.15) is 36.4 Å². The fourth-order valence-electron chi connectivity index (χ4n) is 2.16. The van der Waals surface area contributed by atoms with Crippen molar-refractivity contribution in [2.75, 3.05) is 19.7 Å². The first-order valence-electron chi connectivity index (χ1n) is 6.78. The molecule has 0 aromatic carbocycles. The molecule has 1 aromatic rings. The Morgan fingerprint density at radius 1 is 1.63 bits per heavy atom. The molecule has 0 radical (unpaired) electrons. The van der Waals surface area contributed by atoms with Gasteiger partial charge < -0.3 is 19.8 Å². The van der Waals surface area contributed by atoms with E-state index < -0.39 is 0 Å². The number of amides is 1. The first-order valence-corrected chi connectivity index (χ1v) is 6.78. The molecule has 2 rings (SSSR count). The number of carbonyl (C=O) groups is 1. The average Bonchev–Trinajstić information content (AvgIpc) is 3.04. The van der Waals surface area contributed by atoms with Gasteiger partial charge in [0.25, 0.3) is 5.91 Å². The molecule has 2 heterocycles. The maximum Gasteiger partial charge on any atom is 0.257 e. The maximum absolute atomic E-state index is 12.2. The van der Waals surface area contributed by atoms with E-state index in [9.17, 15) is 4.79 Å². The molecular weight excluding hydrogens is 244 g/mol. The van der Waals surface area contributed by atoms with Crippen molar-refractivity contribution in [3.05, 3.63) is 23.7 Å². The van der Waals surface area contributed by atoms with Gasteiger partial charge in [-0.25, -0.2) is 0 Å². The molecule has 1 amide bonds. The number of ether oxygens (including phenoxy) is 1. The first kappa shape index (κ1) is 14.1. The van der Waals surface area contributed by atoms with Gasteiger partial charge in [-0.1, -0.05) is 13.8 Å². The Morgan fingerprint density at radius 3 is 3.05 bits per heavy atom. The Morgan fingerprint density at radius 2 is 2.42 bits per heavy atom. The fraction of sp³-hybridized carbons (Fsp3) is 0.643. The highest BCUT2D eigenvalue weighted by molar-refractivity contribution is 5.94. The number of nitrogens with zero attached hydrogens (tertiary/aromatic N) is 1. The molecule has 1 unspecified atom stereocenters. The van der Waals surface area contributed by atoms with E-state index >= 15 is 0 Å². The summed E-state index contributed by atoms with van der Waals surface area (Å²) in [5, 5.41) is 0. The van der Waals surface area contributed by atoms with Gasteiger partial charge >= 0.3 is 0 Å². The number of hydrogen-bond acceptors (Lipinski definition) is 4. The van der Waals surface area contributed by atoms with Crippen molar-refractivity contribution in [3.63, 3.8) is 0 Å². The molecule has 0 aliphatic carbocycles. The van der Waals surface area contributed by atoms with Crippen LogP contribution in [0.3, 0.4) is 0 Å². The number of hydrogen-bond donors (Lipinski definition) is 1. The summed E-state index contributed by atoms with van der Waals surface area (Å²) in [5.74, 6) is 1.15. The largest absolute Gasteiger partial charge is 0.467 e. The molecule has 5 nitrogen and oxygen atoms in total. The number of furan rings is 1. The van der Waals surface area contributed by atoms with Gasteiger partial charge in [-0.3, -0.25) is 4.79 Å². The SMILES string of the molecule is CC(C)COC1CCN(C(=O)c2coc(CN)c2)C1. The van der Waals surface area contributed by atoms with Gasteiger partial charge in [0, 0.05) is 19.7 Å². The Labute approximate surface area is 113 Å². The van der Waals surface area contributed by atoms with Crippen molar-refractivity contribution in [3.8, 4) is 0 Å². The van der Waals surface area contributed by atoms with Crippen molar-refractivity contribution >= 4 is 5.91 Å². The van der Waals surface area contributed by atoms with Crippen molar-refractivity contribution in [2.24, 2.45) is 11.7 Å². The van der Waals surface area contributed by atoms with Gasteiger partial charge in [0.15, 0.2) is 0 Å². The highest BCUT2D eigenvalue weighted by Crippen LogP contribution is 2.18. The predicted octanol–water partition coefficient (Wildman–Crippen LogP) is 1.63. The van der Waals surface area contributed by atoms with Crippen LogP contribution in [-0.4, -0.2) is 36.6 Å². The number of carbonyl (C=O) groups excluding carboxylic acids is 1. The third kappa shape index (κ3) is 3.58. The van der Waals surface area contributed by atoms with Crippen LogP contribution in [0.2, 0.25) is 0 Å². The van der Waals surface area contributed by atoms with E-state index in [1.54, 1.807) is 6.07 Å². The second-order valence-corrected chi connectivity index (χ2v) is 5.39. The summed E-state index contributed by atoms with van der Waals surface area (Å²) < 4.78 is 11.0. The van der Waals surface area contributed by atoms with Crippen LogP contribution >= 0.6 is 0 Å². The minimum Gasteiger partial charge on any atom is -0.467 e. The van der Waals surface area contributed by atoms with Gasteiger partial charge in [-0.05, 0) is 18.4 Å². The van der Waals surface area contributed by atoms with Crippen molar-refractivity contribution < 1.29 is 13.9 Å². The zero-order valence-electron chi connectivity index (χ0n) is 11.6. The number of nitrogens with two attached hydrogens (primary N) is 1.